The summed E-state index contributed by atoms with van der Waals surface area (Å²) >= 11 is 0. The van der Waals surface area contributed by atoms with E-state index in [1.807, 2.05) is 32.9 Å². The van der Waals surface area contributed by atoms with E-state index >= 15 is 0 Å². The lowest BCUT2D eigenvalue weighted by Gasteiger charge is -2.11. The smallest absolute Gasteiger partial charge is 0.309 e. The molecule has 0 unspecified atom stereocenters. The van der Waals surface area contributed by atoms with Crippen LogP contribution >= 0.6 is 0 Å². The van der Waals surface area contributed by atoms with Crippen molar-refractivity contribution in [3.8, 4) is 11.3 Å². The molecular formula is C23H27FN2O3. The Morgan fingerprint density at radius 2 is 1.83 bits per heavy atom. The van der Waals surface area contributed by atoms with Crippen LogP contribution in [0.5, 0.6) is 0 Å². The third-order valence-corrected chi connectivity index (χ3v) is 4.53. The fourth-order valence-electron chi connectivity index (χ4n) is 3.23. The van der Waals surface area contributed by atoms with Crippen LogP contribution in [0.1, 0.15) is 54.9 Å². The van der Waals surface area contributed by atoms with Crippen molar-refractivity contribution in [3.05, 3.63) is 58.7 Å². The Kier molecular flexibility index (Phi) is 6.90. The quantitative estimate of drug-likeness (QED) is 0.596. The Hall–Kier alpha value is -3.02. The van der Waals surface area contributed by atoms with Crippen LogP contribution in [0.3, 0.4) is 0 Å². The van der Waals surface area contributed by atoms with Gasteiger partial charge in [0.15, 0.2) is 5.78 Å². The molecule has 154 valence electrons. The fourth-order valence-corrected chi connectivity index (χ4v) is 3.23. The normalized spacial score (nSPS) is 10.8. The summed E-state index contributed by atoms with van der Waals surface area (Å²) in [6, 6.07) is 6.52. The van der Waals surface area contributed by atoms with E-state index in [2.05, 4.69) is 4.98 Å². The molecule has 0 radical (unpaired) electrons. The van der Waals surface area contributed by atoms with Crippen LogP contribution in [0.25, 0.3) is 16.9 Å². The van der Waals surface area contributed by atoms with Gasteiger partial charge in [0.1, 0.15) is 11.5 Å². The second-order valence-corrected chi connectivity index (χ2v) is 7.08. The van der Waals surface area contributed by atoms with E-state index < -0.39 is 11.8 Å². The zero-order valence-corrected chi connectivity index (χ0v) is 17.7. The van der Waals surface area contributed by atoms with Crippen molar-refractivity contribution in [1.82, 2.24) is 9.38 Å². The number of benzene rings is 1. The van der Waals surface area contributed by atoms with Gasteiger partial charge in [-0.3, -0.25) is 9.59 Å². The van der Waals surface area contributed by atoms with Crippen LogP contribution in [0.4, 0.5) is 4.39 Å². The largest absolute Gasteiger partial charge is 0.481 e. The minimum Gasteiger partial charge on any atom is -0.481 e. The van der Waals surface area contributed by atoms with Gasteiger partial charge < -0.3 is 9.51 Å². The lowest BCUT2D eigenvalue weighted by Crippen LogP contribution is -2.09. The van der Waals surface area contributed by atoms with Crippen molar-refractivity contribution in [2.45, 2.75) is 48.0 Å². The molecule has 0 spiro atoms. The van der Waals surface area contributed by atoms with Gasteiger partial charge in [-0.25, -0.2) is 9.37 Å². The highest BCUT2D eigenvalue weighted by atomic mass is 19.1. The minimum absolute atomic E-state index is 0.139. The third-order valence-electron chi connectivity index (χ3n) is 4.53. The summed E-state index contributed by atoms with van der Waals surface area (Å²) in [5.41, 5.74) is 3.31. The number of carbonyl (C=O) groups is 2. The monoisotopic (exact) mass is 398 g/mol. The molecule has 6 heteroatoms. The van der Waals surface area contributed by atoms with Crippen LogP contribution in [-0.4, -0.2) is 26.2 Å². The third kappa shape index (κ3) is 4.53. The topological polar surface area (TPSA) is 71.7 Å². The lowest BCUT2D eigenvalue weighted by molar-refractivity contribution is -0.136. The van der Waals surface area contributed by atoms with Gasteiger partial charge >= 0.3 is 5.97 Å². The van der Waals surface area contributed by atoms with E-state index in [0.717, 1.165) is 5.56 Å². The predicted octanol–water partition coefficient (Wildman–Crippen LogP) is 5.25. The van der Waals surface area contributed by atoms with Crippen LogP contribution < -0.4 is 0 Å². The average Bonchev–Trinajstić information content (AvgIpc) is 2.98. The van der Waals surface area contributed by atoms with E-state index in [4.69, 9.17) is 0 Å². The molecule has 29 heavy (non-hydrogen) atoms. The maximum atomic E-state index is 15.0. The number of Topliss-reactive ketones (excluding diaryl/α,β-unsaturated/α-hetero) is 1. The first kappa shape index (κ1) is 22.3. The number of pyridine rings is 1. The number of aromatic nitrogens is 2. The van der Waals surface area contributed by atoms with Gasteiger partial charge in [-0.15, -0.1) is 0 Å². The molecule has 0 saturated carbocycles. The molecule has 0 fully saturated rings. The Labute approximate surface area is 170 Å². The van der Waals surface area contributed by atoms with Crippen LogP contribution in [0.15, 0.2) is 30.5 Å². The summed E-state index contributed by atoms with van der Waals surface area (Å²) in [5, 5.41) is 9.31. The molecule has 0 bridgehead atoms. The first-order chi connectivity index (χ1) is 13.7. The summed E-state index contributed by atoms with van der Waals surface area (Å²) < 4.78 is 16.7. The molecule has 0 amide bonds. The highest BCUT2D eigenvalue weighted by molar-refractivity contribution is 5.98. The highest BCUT2D eigenvalue weighted by Gasteiger charge is 2.23. The number of carboxylic acids is 1. The van der Waals surface area contributed by atoms with Crippen molar-refractivity contribution in [2.75, 3.05) is 0 Å². The van der Waals surface area contributed by atoms with Crippen molar-refractivity contribution in [1.29, 1.82) is 0 Å². The van der Waals surface area contributed by atoms with Gasteiger partial charge in [0.25, 0.3) is 0 Å². The molecule has 5 nitrogen and oxygen atoms in total. The number of hydrogen-bond acceptors (Lipinski definition) is 3. The second-order valence-electron chi connectivity index (χ2n) is 7.08. The number of imidazole rings is 1. The zero-order valence-electron chi connectivity index (χ0n) is 17.7. The number of fused-ring (bicyclic) bond motifs is 1. The summed E-state index contributed by atoms with van der Waals surface area (Å²) in [4.78, 5) is 28.1. The Bertz CT molecular complexity index is 1040. The zero-order chi connectivity index (χ0) is 21.9. The number of halogens is 1. The van der Waals surface area contributed by atoms with Crippen LogP contribution in [0.2, 0.25) is 0 Å². The summed E-state index contributed by atoms with van der Waals surface area (Å²) in [6.07, 6.45) is 1.45. The van der Waals surface area contributed by atoms with E-state index in [1.165, 1.54) is 6.07 Å². The Balaban J connectivity index is 0.00000145. The molecule has 0 aliphatic carbocycles. The molecule has 0 saturated heterocycles. The fraction of sp³-hybridized carbons (Fsp3) is 0.348. The molecule has 1 N–H and O–H groups in total. The molecule has 1 aromatic carbocycles. The number of carbonyl (C=O) groups excluding carboxylic acids is 1. The molecule has 2 aromatic heterocycles. The number of nitrogens with zero attached hydrogens (tertiary/aromatic N) is 2. The molecule has 0 aliphatic rings. The van der Waals surface area contributed by atoms with Gasteiger partial charge in [0.05, 0.1) is 17.8 Å². The number of aliphatic carboxylic acids is 1. The second kappa shape index (κ2) is 8.99. The van der Waals surface area contributed by atoms with Gasteiger partial charge in [0.2, 0.25) is 0 Å². The molecule has 0 aliphatic heterocycles. The average molecular weight is 398 g/mol. The number of hydrogen-bond donors (Lipinski definition) is 1. The van der Waals surface area contributed by atoms with E-state index in [0.29, 0.717) is 28.2 Å². The van der Waals surface area contributed by atoms with Crippen molar-refractivity contribution in [2.24, 2.45) is 5.92 Å². The van der Waals surface area contributed by atoms with Gasteiger partial charge in [-0.1, -0.05) is 27.7 Å². The Morgan fingerprint density at radius 1 is 1.17 bits per heavy atom. The van der Waals surface area contributed by atoms with Crippen molar-refractivity contribution >= 4 is 17.4 Å². The van der Waals surface area contributed by atoms with Crippen LogP contribution in [0, 0.1) is 25.6 Å². The lowest BCUT2D eigenvalue weighted by atomic mass is 9.95. The van der Waals surface area contributed by atoms with E-state index in [-0.39, 0.29) is 23.7 Å². The summed E-state index contributed by atoms with van der Waals surface area (Å²) in [6.45, 7) is 11.1. The van der Waals surface area contributed by atoms with Gasteiger partial charge in [0, 0.05) is 23.2 Å². The number of ketones is 1. The van der Waals surface area contributed by atoms with Crippen LogP contribution in [-0.2, 0) is 11.2 Å². The highest BCUT2D eigenvalue weighted by Crippen LogP contribution is 2.32. The minimum atomic E-state index is -1.02. The summed E-state index contributed by atoms with van der Waals surface area (Å²) in [7, 11) is 0. The predicted molar refractivity (Wildman–Crippen MR) is 112 cm³/mol. The maximum Gasteiger partial charge on any atom is 0.309 e. The van der Waals surface area contributed by atoms with E-state index in [1.54, 1.807) is 37.4 Å². The first-order valence-electron chi connectivity index (χ1n) is 9.73. The molecular weight excluding hydrogens is 371 g/mol. The first-order valence-corrected chi connectivity index (χ1v) is 9.73. The van der Waals surface area contributed by atoms with Crippen molar-refractivity contribution in [3.63, 3.8) is 0 Å². The van der Waals surface area contributed by atoms with Gasteiger partial charge in [-0.05, 0) is 49.2 Å². The van der Waals surface area contributed by atoms with Crippen molar-refractivity contribution < 1.29 is 19.1 Å². The number of rotatable bonds is 5. The number of carboxylic acid groups (broad SMARTS) is 1. The molecule has 0 atom stereocenters. The maximum absolute atomic E-state index is 15.0. The summed E-state index contributed by atoms with van der Waals surface area (Å²) in [5.74, 6) is -1.98. The van der Waals surface area contributed by atoms with E-state index in [9.17, 15) is 19.1 Å². The molecule has 3 aromatic rings. The van der Waals surface area contributed by atoms with Gasteiger partial charge in [-0.2, -0.15) is 0 Å². The molecule has 3 rings (SSSR count). The number of aryl methyl sites for hydroxylation is 2. The molecule has 2 heterocycles. The Morgan fingerprint density at radius 3 is 2.38 bits per heavy atom. The SMILES string of the molecule is CC.Cc1ccn2c(CC(=O)O)c(-c3c(C)cc(C(=O)C(C)C)cc3F)nc2c1. The standard InChI is InChI=1S/C21H21FN2O3.C2H6/c1-11(2)21(27)14-8-13(4)19(15(22)9-14)20-16(10-18(25)26)24-6-5-12(3)7-17(24)23-20;1-2/h5-9,11H,10H2,1-4H3,(H,25,26);1-2H3.